The normalized spacial score (nSPS) is 21.6. The second kappa shape index (κ2) is 8.46. The van der Waals surface area contributed by atoms with Crippen LogP contribution in [0.5, 0.6) is 0 Å². The monoisotopic (exact) mass is 445 g/mol. The lowest BCUT2D eigenvalue weighted by atomic mass is 9.78. The van der Waals surface area contributed by atoms with Gasteiger partial charge in [-0.15, -0.1) is 0 Å². The van der Waals surface area contributed by atoms with E-state index in [2.05, 4.69) is 10.6 Å². The Balaban J connectivity index is 1.28. The fourth-order valence-corrected chi connectivity index (χ4v) is 5.47. The first-order valence-corrected chi connectivity index (χ1v) is 11.6. The van der Waals surface area contributed by atoms with Crippen LogP contribution in [-0.4, -0.2) is 34.6 Å². The molecule has 1 aliphatic carbocycles. The van der Waals surface area contributed by atoms with Crippen LogP contribution in [0, 0.1) is 0 Å². The number of hydrogen-bond donors (Lipinski definition) is 2. The predicted octanol–water partition coefficient (Wildman–Crippen LogP) is 2.58. The zero-order chi connectivity index (χ0) is 23.0. The van der Waals surface area contributed by atoms with Gasteiger partial charge in [-0.25, -0.2) is 0 Å². The Kier molecular flexibility index (Phi) is 5.48. The van der Waals surface area contributed by atoms with Crippen LogP contribution in [-0.2, 0) is 32.9 Å². The molecule has 0 bridgehead atoms. The van der Waals surface area contributed by atoms with Gasteiger partial charge < -0.3 is 10.2 Å². The summed E-state index contributed by atoms with van der Waals surface area (Å²) in [5.74, 6) is -0.853. The van der Waals surface area contributed by atoms with Crippen molar-refractivity contribution in [1.82, 2.24) is 15.5 Å². The van der Waals surface area contributed by atoms with Gasteiger partial charge in [0.15, 0.2) is 0 Å². The summed E-state index contributed by atoms with van der Waals surface area (Å²) in [7, 11) is 0. The molecule has 0 radical (unpaired) electrons. The molecule has 7 heteroatoms. The number of piperidine rings is 1. The van der Waals surface area contributed by atoms with E-state index >= 15 is 0 Å². The Bertz CT molecular complexity index is 1120. The molecule has 4 amide bonds. The maximum Gasteiger partial charge on any atom is 0.255 e. The molecule has 0 spiro atoms. The molecular formula is C26H27N3O4. The highest BCUT2D eigenvalue weighted by Gasteiger charge is 2.42. The molecule has 1 atom stereocenters. The molecule has 7 nitrogen and oxygen atoms in total. The number of fused-ring (bicyclic) bond motifs is 1. The number of carbonyl (C=O) groups is 4. The number of nitrogens with zero attached hydrogens (tertiary/aromatic N) is 1. The first-order chi connectivity index (χ1) is 16.0. The van der Waals surface area contributed by atoms with Gasteiger partial charge in [0.1, 0.15) is 6.04 Å². The van der Waals surface area contributed by atoms with Gasteiger partial charge in [0.2, 0.25) is 17.7 Å². The van der Waals surface area contributed by atoms with E-state index in [9.17, 15) is 19.2 Å². The average molecular weight is 446 g/mol. The minimum Gasteiger partial charge on any atom is -0.351 e. The van der Waals surface area contributed by atoms with Gasteiger partial charge in [0, 0.05) is 25.1 Å². The molecule has 2 aromatic carbocycles. The molecule has 1 saturated heterocycles. The lowest BCUT2D eigenvalue weighted by molar-refractivity contribution is -0.137. The zero-order valence-electron chi connectivity index (χ0n) is 18.4. The van der Waals surface area contributed by atoms with Crippen molar-refractivity contribution in [3.05, 3.63) is 70.8 Å². The molecule has 3 aliphatic rings. The molecule has 1 saturated carbocycles. The standard InChI is InChI=1S/C26H27N3O4/c30-22-11-10-21(23(31)28-22)29-16-18-14-17(8-9-20(18)24(29)32)15-27-25(33)26(12-4-5-13-26)19-6-2-1-3-7-19/h1-3,6-9,14,21H,4-5,10-13,15-16H2,(H,27,33)(H,28,30,31). The Morgan fingerprint density at radius 1 is 1.06 bits per heavy atom. The molecule has 2 aromatic rings. The first kappa shape index (κ1) is 21.4. The summed E-state index contributed by atoms with van der Waals surface area (Å²) in [6, 6.07) is 14.9. The third-order valence-electron chi connectivity index (χ3n) is 7.26. The highest BCUT2D eigenvalue weighted by Crippen LogP contribution is 2.41. The summed E-state index contributed by atoms with van der Waals surface area (Å²) >= 11 is 0. The van der Waals surface area contributed by atoms with Crippen LogP contribution in [0.2, 0.25) is 0 Å². The average Bonchev–Trinajstić information content (AvgIpc) is 3.44. The van der Waals surface area contributed by atoms with Gasteiger partial charge in [0.25, 0.3) is 5.91 Å². The Hall–Kier alpha value is -3.48. The maximum atomic E-state index is 13.3. The quantitative estimate of drug-likeness (QED) is 0.692. The van der Waals surface area contributed by atoms with Crippen LogP contribution in [0.25, 0.3) is 0 Å². The van der Waals surface area contributed by atoms with E-state index in [0.717, 1.165) is 42.4 Å². The van der Waals surface area contributed by atoms with Gasteiger partial charge >= 0.3 is 0 Å². The highest BCUT2D eigenvalue weighted by atomic mass is 16.2. The fourth-order valence-electron chi connectivity index (χ4n) is 5.47. The molecule has 170 valence electrons. The Morgan fingerprint density at radius 3 is 2.55 bits per heavy atom. The van der Waals surface area contributed by atoms with Crippen molar-refractivity contribution >= 4 is 23.6 Å². The highest BCUT2D eigenvalue weighted by molar-refractivity contribution is 6.05. The summed E-state index contributed by atoms with van der Waals surface area (Å²) in [5.41, 5.74) is 2.93. The number of carbonyl (C=O) groups excluding carboxylic acids is 4. The SMILES string of the molecule is O=C1CCC(N2Cc3cc(CNC(=O)C4(c5ccccc5)CCCC4)ccc3C2=O)C(=O)N1. The fraction of sp³-hybridized carbons (Fsp3) is 0.385. The molecule has 33 heavy (non-hydrogen) atoms. The smallest absolute Gasteiger partial charge is 0.255 e. The topological polar surface area (TPSA) is 95.6 Å². The number of imide groups is 1. The van der Waals surface area contributed by atoms with Crippen molar-refractivity contribution in [2.45, 2.75) is 63.1 Å². The molecule has 2 aliphatic heterocycles. The summed E-state index contributed by atoms with van der Waals surface area (Å²) in [4.78, 5) is 51.4. The van der Waals surface area contributed by atoms with Crippen molar-refractivity contribution in [2.75, 3.05) is 0 Å². The molecule has 2 heterocycles. The van der Waals surface area contributed by atoms with Crippen molar-refractivity contribution < 1.29 is 19.2 Å². The van der Waals surface area contributed by atoms with Gasteiger partial charge in [-0.1, -0.05) is 55.3 Å². The third-order valence-corrected chi connectivity index (χ3v) is 7.26. The number of amides is 4. The van der Waals surface area contributed by atoms with Crippen molar-refractivity contribution in [1.29, 1.82) is 0 Å². The van der Waals surface area contributed by atoms with Crippen molar-refractivity contribution in [2.24, 2.45) is 0 Å². The molecule has 1 unspecified atom stereocenters. The van der Waals surface area contributed by atoms with Gasteiger partial charge in [-0.2, -0.15) is 0 Å². The largest absolute Gasteiger partial charge is 0.351 e. The van der Waals surface area contributed by atoms with Gasteiger partial charge in [-0.3, -0.25) is 24.5 Å². The second-order valence-corrected chi connectivity index (χ2v) is 9.23. The number of hydrogen-bond acceptors (Lipinski definition) is 4. The van der Waals surface area contributed by atoms with Gasteiger partial charge in [-0.05, 0) is 42.0 Å². The van der Waals surface area contributed by atoms with E-state index in [4.69, 9.17) is 0 Å². The van der Waals surface area contributed by atoms with E-state index < -0.39 is 17.4 Å². The van der Waals surface area contributed by atoms with Crippen LogP contribution in [0.1, 0.15) is 65.6 Å². The molecular weight excluding hydrogens is 418 g/mol. The van der Waals surface area contributed by atoms with E-state index in [1.54, 1.807) is 6.07 Å². The molecule has 0 aromatic heterocycles. The van der Waals surface area contributed by atoms with E-state index in [0.29, 0.717) is 25.1 Å². The number of rotatable bonds is 5. The van der Waals surface area contributed by atoms with E-state index in [-0.39, 0.29) is 24.1 Å². The predicted molar refractivity (Wildman–Crippen MR) is 121 cm³/mol. The molecule has 2 N–H and O–H groups in total. The van der Waals surface area contributed by atoms with Crippen LogP contribution < -0.4 is 10.6 Å². The summed E-state index contributed by atoms with van der Waals surface area (Å²) < 4.78 is 0. The third kappa shape index (κ3) is 3.81. The summed E-state index contributed by atoms with van der Waals surface area (Å²) in [5, 5.41) is 5.45. The Labute approximate surface area is 192 Å². The minimum absolute atomic E-state index is 0.0490. The van der Waals surface area contributed by atoms with Crippen LogP contribution >= 0.6 is 0 Å². The van der Waals surface area contributed by atoms with Crippen molar-refractivity contribution in [3.8, 4) is 0 Å². The molecule has 2 fully saturated rings. The van der Waals surface area contributed by atoms with Crippen LogP contribution in [0.4, 0.5) is 0 Å². The minimum atomic E-state index is -0.626. The van der Waals surface area contributed by atoms with Crippen LogP contribution in [0.3, 0.4) is 0 Å². The number of benzene rings is 2. The maximum absolute atomic E-state index is 13.3. The zero-order valence-corrected chi connectivity index (χ0v) is 18.4. The summed E-state index contributed by atoms with van der Waals surface area (Å²) in [6.07, 6.45) is 4.36. The van der Waals surface area contributed by atoms with Crippen molar-refractivity contribution in [3.63, 3.8) is 0 Å². The summed E-state index contributed by atoms with van der Waals surface area (Å²) in [6.45, 7) is 0.712. The Morgan fingerprint density at radius 2 is 1.82 bits per heavy atom. The van der Waals surface area contributed by atoms with E-state index in [1.807, 2.05) is 42.5 Å². The van der Waals surface area contributed by atoms with Gasteiger partial charge in [0.05, 0.1) is 5.41 Å². The first-order valence-electron chi connectivity index (χ1n) is 11.6. The number of nitrogens with one attached hydrogen (secondary N) is 2. The lowest BCUT2D eigenvalue weighted by Gasteiger charge is -2.29. The second-order valence-electron chi connectivity index (χ2n) is 9.23. The lowest BCUT2D eigenvalue weighted by Crippen LogP contribution is -2.52. The van der Waals surface area contributed by atoms with Crippen LogP contribution in [0.15, 0.2) is 48.5 Å². The van der Waals surface area contributed by atoms with E-state index in [1.165, 1.54) is 4.90 Å². The molecule has 5 rings (SSSR count).